The molecule has 0 bridgehead atoms. The molecule has 4 heteroatoms. The number of halogens is 1. The third kappa shape index (κ3) is 3.05. The molecule has 1 heterocycles. The molecule has 3 aromatic carbocycles. The van der Waals surface area contributed by atoms with E-state index in [0.29, 0.717) is 0 Å². The lowest BCUT2D eigenvalue weighted by Gasteiger charge is -2.06. The Kier molecular flexibility index (Phi) is 4.05. The van der Waals surface area contributed by atoms with Gasteiger partial charge in [-0.1, -0.05) is 43.4 Å². The van der Waals surface area contributed by atoms with E-state index in [-0.39, 0.29) is 14.6 Å². The fourth-order valence-corrected chi connectivity index (χ4v) is 4.23. The van der Waals surface area contributed by atoms with Gasteiger partial charge in [-0.2, -0.15) is 0 Å². The smallest absolute Gasteiger partial charge is 0.158 e. The highest BCUT2D eigenvalue weighted by molar-refractivity contribution is 6.55. The minimum Gasteiger partial charge on any atom is -0.454 e. The van der Waals surface area contributed by atoms with Gasteiger partial charge in [0.15, 0.2) is 5.58 Å². The molecule has 0 saturated heterocycles. The van der Waals surface area contributed by atoms with E-state index in [4.69, 9.17) is 4.42 Å². The van der Waals surface area contributed by atoms with E-state index < -0.39 is 0 Å². The van der Waals surface area contributed by atoms with Crippen LogP contribution in [-0.4, -0.2) is 8.80 Å². The van der Waals surface area contributed by atoms with E-state index in [1.807, 2.05) is 12.1 Å². The summed E-state index contributed by atoms with van der Waals surface area (Å²) in [6.45, 7) is 4.63. The number of hydrogen-bond donors (Lipinski definition) is 1. The van der Waals surface area contributed by atoms with E-state index >= 15 is 0 Å². The summed E-state index contributed by atoms with van der Waals surface area (Å²) in [6.07, 6.45) is 0. The van der Waals surface area contributed by atoms with Gasteiger partial charge in [0, 0.05) is 25.3 Å². The quantitative estimate of drug-likeness (QED) is 0.437. The minimum atomic E-state index is -0.387. The van der Waals surface area contributed by atoms with Crippen molar-refractivity contribution in [2.75, 3.05) is 5.32 Å². The second kappa shape index (κ2) is 6.37. The first-order valence-corrected chi connectivity index (χ1v) is 11.1. The minimum absolute atomic E-state index is 0.242. The SMILES string of the molecule is C[Si](C)Cc1cccc2c1oc1c(Nc3ccc(F)cc3)cccc12. The zero-order valence-corrected chi connectivity index (χ0v) is 15.3. The summed E-state index contributed by atoms with van der Waals surface area (Å²) in [6, 6.07) is 19.9. The zero-order chi connectivity index (χ0) is 17.4. The Morgan fingerprint density at radius 2 is 1.56 bits per heavy atom. The molecule has 1 aromatic heterocycles. The van der Waals surface area contributed by atoms with E-state index in [1.54, 1.807) is 12.1 Å². The second-order valence-corrected chi connectivity index (χ2v) is 9.36. The van der Waals surface area contributed by atoms with Crippen LogP contribution in [0.15, 0.2) is 65.1 Å². The molecule has 1 radical (unpaired) electrons. The van der Waals surface area contributed by atoms with Gasteiger partial charge in [-0.15, -0.1) is 0 Å². The van der Waals surface area contributed by atoms with Crippen molar-refractivity contribution in [1.82, 2.24) is 0 Å². The topological polar surface area (TPSA) is 25.2 Å². The van der Waals surface area contributed by atoms with Crippen molar-refractivity contribution in [3.05, 3.63) is 72.0 Å². The lowest BCUT2D eigenvalue weighted by Crippen LogP contribution is -2.05. The van der Waals surface area contributed by atoms with Crippen LogP contribution in [0.3, 0.4) is 0 Å². The molecular weight excluding hydrogens is 329 g/mol. The monoisotopic (exact) mass is 348 g/mol. The van der Waals surface area contributed by atoms with E-state index in [2.05, 4.69) is 42.7 Å². The summed E-state index contributed by atoms with van der Waals surface area (Å²) in [4.78, 5) is 0. The number of nitrogens with one attached hydrogen (secondary N) is 1. The van der Waals surface area contributed by atoms with Crippen LogP contribution in [0.2, 0.25) is 13.1 Å². The molecule has 1 N–H and O–H groups in total. The highest BCUT2D eigenvalue weighted by atomic mass is 28.3. The Balaban J connectivity index is 1.84. The lowest BCUT2D eigenvalue weighted by molar-refractivity contribution is 0.628. The maximum absolute atomic E-state index is 13.1. The third-order valence-electron chi connectivity index (χ3n) is 4.27. The standard InChI is InChI=1S/C21H19FNOSi/c1-25(2)13-14-5-3-6-17-18-7-4-8-19(21(18)24-20(14)17)23-16-11-9-15(22)10-12-16/h3-12,23H,13H2,1-2H3. The summed E-state index contributed by atoms with van der Waals surface area (Å²) < 4.78 is 19.4. The summed E-state index contributed by atoms with van der Waals surface area (Å²) in [5.41, 5.74) is 4.83. The van der Waals surface area contributed by atoms with Crippen molar-refractivity contribution in [2.45, 2.75) is 19.1 Å². The van der Waals surface area contributed by atoms with Crippen molar-refractivity contribution in [3.63, 3.8) is 0 Å². The van der Waals surface area contributed by atoms with Crippen molar-refractivity contribution < 1.29 is 8.81 Å². The fourth-order valence-electron chi connectivity index (χ4n) is 3.19. The largest absolute Gasteiger partial charge is 0.454 e. The summed E-state index contributed by atoms with van der Waals surface area (Å²) in [5, 5.41) is 5.59. The van der Waals surface area contributed by atoms with Crippen LogP contribution in [0.1, 0.15) is 5.56 Å². The van der Waals surface area contributed by atoms with Gasteiger partial charge in [0.05, 0.1) is 5.69 Å². The van der Waals surface area contributed by atoms with Gasteiger partial charge in [-0.3, -0.25) is 0 Å². The van der Waals surface area contributed by atoms with Crippen molar-refractivity contribution in [1.29, 1.82) is 0 Å². The molecule has 0 fully saturated rings. The van der Waals surface area contributed by atoms with Crippen LogP contribution in [0, 0.1) is 5.82 Å². The van der Waals surface area contributed by atoms with Gasteiger partial charge < -0.3 is 9.73 Å². The van der Waals surface area contributed by atoms with Gasteiger partial charge in [-0.25, -0.2) is 4.39 Å². The molecule has 4 rings (SSSR count). The summed E-state index contributed by atoms with van der Waals surface area (Å²) in [7, 11) is -0.387. The number of para-hydroxylation sites is 2. The van der Waals surface area contributed by atoms with Crippen molar-refractivity contribution >= 4 is 42.1 Å². The molecule has 0 spiro atoms. The van der Waals surface area contributed by atoms with Crippen LogP contribution in [0.5, 0.6) is 0 Å². The Hall–Kier alpha value is -2.59. The highest BCUT2D eigenvalue weighted by Gasteiger charge is 2.14. The van der Waals surface area contributed by atoms with Crippen LogP contribution in [-0.2, 0) is 6.04 Å². The first-order valence-electron chi connectivity index (χ1n) is 8.36. The summed E-state index contributed by atoms with van der Waals surface area (Å²) in [5.74, 6) is -0.242. The number of hydrogen-bond acceptors (Lipinski definition) is 2. The number of rotatable bonds is 4. The molecule has 4 aromatic rings. The van der Waals surface area contributed by atoms with Gasteiger partial charge in [0.25, 0.3) is 0 Å². The molecule has 2 nitrogen and oxygen atoms in total. The number of anilines is 2. The van der Waals surface area contributed by atoms with Crippen LogP contribution < -0.4 is 5.32 Å². The highest BCUT2D eigenvalue weighted by Crippen LogP contribution is 2.36. The van der Waals surface area contributed by atoms with Gasteiger partial charge >= 0.3 is 0 Å². The van der Waals surface area contributed by atoms with Gasteiger partial charge in [0.2, 0.25) is 0 Å². The van der Waals surface area contributed by atoms with E-state index in [0.717, 1.165) is 39.4 Å². The maximum atomic E-state index is 13.1. The molecule has 0 unspecified atom stereocenters. The average Bonchev–Trinajstić information content (AvgIpc) is 2.98. The molecule has 25 heavy (non-hydrogen) atoms. The Morgan fingerprint density at radius 1 is 0.880 bits per heavy atom. The molecule has 0 saturated carbocycles. The third-order valence-corrected chi connectivity index (χ3v) is 5.36. The van der Waals surface area contributed by atoms with Crippen LogP contribution in [0.4, 0.5) is 15.8 Å². The normalized spacial score (nSPS) is 11.5. The maximum Gasteiger partial charge on any atom is 0.158 e. The molecule has 0 aliphatic carbocycles. The van der Waals surface area contributed by atoms with E-state index in [9.17, 15) is 4.39 Å². The zero-order valence-electron chi connectivity index (χ0n) is 14.3. The molecule has 0 aliphatic heterocycles. The number of benzene rings is 3. The fraction of sp³-hybridized carbons (Fsp3) is 0.143. The predicted octanol–water partition coefficient (Wildman–Crippen LogP) is 6.30. The van der Waals surface area contributed by atoms with Crippen LogP contribution in [0.25, 0.3) is 21.9 Å². The average molecular weight is 348 g/mol. The predicted molar refractivity (Wildman–Crippen MR) is 105 cm³/mol. The second-order valence-electron chi connectivity index (χ2n) is 6.59. The van der Waals surface area contributed by atoms with Crippen LogP contribution >= 0.6 is 0 Å². The molecule has 0 atom stereocenters. The first kappa shape index (κ1) is 15.9. The molecule has 125 valence electrons. The van der Waals surface area contributed by atoms with Gasteiger partial charge in [0.1, 0.15) is 11.4 Å². The number of fused-ring (bicyclic) bond motifs is 3. The molecule has 0 amide bonds. The Bertz CT molecular complexity index is 1040. The van der Waals surface area contributed by atoms with Crippen molar-refractivity contribution in [2.24, 2.45) is 0 Å². The number of furan rings is 1. The van der Waals surface area contributed by atoms with E-state index in [1.165, 1.54) is 17.7 Å². The lowest BCUT2D eigenvalue weighted by atomic mass is 10.1. The Labute approximate surface area is 147 Å². The Morgan fingerprint density at radius 3 is 2.28 bits per heavy atom. The van der Waals surface area contributed by atoms with Gasteiger partial charge in [-0.05, 0) is 41.9 Å². The molecular formula is C21H19FNOSi. The summed E-state index contributed by atoms with van der Waals surface area (Å²) >= 11 is 0. The molecule has 0 aliphatic rings. The first-order chi connectivity index (χ1) is 12.1. The van der Waals surface area contributed by atoms with Crippen molar-refractivity contribution in [3.8, 4) is 0 Å².